The summed E-state index contributed by atoms with van der Waals surface area (Å²) < 4.78 is 31.1. The summed E-state index contributed by atoms with van der Waals surface area (Å²) in [5.41, 5.74) is 1.64. The van der Waals surface area contributed by atoms with Gasteiger partial charge in [-0.3, -0.25) is 4.79 Å². The van der Waals surface area contributed by atoms with Crippen LogP contribution in [0.15, 0.2) is 60.9 Å². The fraction of sp³-hybridized carbons (Fsp3) is 0.300. The lowest BCUT2D eigenvalue weighted by molar-refractivity contribution is -0.136. The van der Waals surface area contributed by atoms with Crippen molar-refractivity contribution in [2.45, 2.75) is 19.0 Å². The first kappa shape index (κ1) is 20.0. The van der Waals surface area contributed by atoms with Crippen molar-refractivity contribution in [3.05, 3.63) is 66.5 Å². The molecule has 0 aliphatic carbocycles. The lowest BCUT2D eigenvalue weighted by atomic mass is 10.1. The quantitative estimate of drug-likeness (QED) is 0.559. The molecule has 4 rings (SSSR count). The van der Waals surface area contributed by atoms with Gasteiger partial charge < -0.3 is 9.64 Å². The molecular weight excluding hydrogens is 406 g/mol. The minimum atomic E-state index is -3.12. The van der Waals surface area contributed by atoms with E-state index in [-0.39, 0.29) is 30.1 Å². The highest BCUT2D eigenvalue weighted by Crippen LogP contribution is 2.21. The number of benzene rings is 2. The zero-order chi connectivity index (χ0) is 21.0. The molecule has 2 aromatic carbocycles. The summed E-state index contributed by atoms with van der Waals surface area (Å²) in [5, 5.41) is 11.0. The van der Waals surface area contributed by atoms with Gasteiger partial charge in [-0.05, 0) is 34.5 Å². The largest absolute Gasteiger partial charge is 0.484 e. The van der Waals surface area contributed by atoms with Crippen LogP contribution >= 0.6 is 0 Å². The van der Waals surface area contributed by atoms with E-state index in [4.69, 9.17) is 4.74 Å². The summed E-state index contributed by atoms with van der Waals surface area (Å²) in [6.45, 7) is 0.149. The van der Waals surface area contributed by atoms with Crippen molar-refractivity contribution < 1.29 is 17.9 Å². The van der Waals surface area contributed by atoms with E-state index in [0.717, 1.165) is 5.56 Å². The van der Waals surface area contributed by atoms with Crippen molar-refractivity contribution in [2.24, 2.45) is 0 Å². The molecule has 1 unspecified atom stereocenters. The second kappa shape index (κ2) is 8.62. The molecule has 1 saturated heterocycles. The predicted octanol–water partition coefficient (Wildman–Crippen LogP) is 1.26. The molecule has 1 fully saturated rings. The van der Waals surface area contributed by atoms with Crippen molar-refractivity contribution >= 4 is 15.7 Å². The number of rotatable bonds is 7. The third kappa shape index (κ3) is 4.82. The Morgan fingerprint density at radius 1 is 1.17 bits per heavy atom. The number of sulfone groups is 1. The number of aromatic nitrogens is 4. The van der Waals surface area contributed by atoms with Gasteiger partial charge in [-0.15, -0.1) is 5.10 Å². The van der Waals surface area contributed by atoms with E-state index in [1.54, 1.807) is 23.1 Å². The van der Waals surface area contributed by atoms with E-state index in [1.165, 1.54) is 11.0 Å². The molecule has 30 heavy (non-hydrogen) atoms. The zero-order valence-electron chi connectivity index (χ0n) is 16.2. The Bertz CT molecular complexity index is 1100. The highest BCUT2D eigenvalue weighted by molar-refractivity contribution is 7.91. The highest BCUT2D eigenvalue weighted by Gasteiger charge is 2.34. The lowest BCUT2D eigenvalue weighted by Crippen LogP contribution is -2.43. The molecule has 9 nitrogen and oxygen atoms in total. The number of carbonyl (C=O) groups excluding carboxylic acids is 1. The number of carbonyl (C=O) groups is 1. The fourth-order valence-electron chi connectivity index (χ4n) is 3.45. The van der Waals surface area contributed by atoms with Crippen LogP contribution in [0, 0.1) is 0 Å². The molecule has 1 aliphatic heterocycles. The second-order valence-electron chi connectivity index (χ2n) is 7.10. The molecule has 0 saturated carbocycles. The van der Waals surface area contributed by atoms with Gasteiger partial charge in [0.1, 0.15) is 12.1 Å². The van der Waals surface area contributed by atoms with Gasteiger partial charge in [0.2, 0.25) is 0 Å². The number of nitrogens with zero attached hydrogens (tertiary/aromatic N) is 5. The molecule has 10 heteroatoms. The molecule has 3 aromatic rings. The average molecular weight is 427 g/mol. The van der Waals surface area contributed by atoms with Crippen molar-refractivity contribution in [3.63, 3.8) is 0 Å². The van der Waals surface area contributed by atoms with Gasteiger partial charge in [0.05, 0.1) is 17.2 Å². The van der Waals surface area contributed by atoms with Crippen LogP contribution in [0.3, 0.4) is 0 Å². The Balaban J connectivity index is 1.47. The van der Waals surface area contributed by atoms with E-state index in [0.29, 0.717) is 24.4 Å². The molecule has 156 valence electrons. The molecule has 0 bridgehead atoms. The van der Waals surface area contributed by atoms with Gasteiger partial charge in [-0.2, -0.15) is 0 Å². The molecular formula is C20H21N5O4S. The van der Waals surface area contributed by atoms with E-state index >= 15 is 0 Å². The number of hydrogen-bond donors (Lipinski definition) is 0. The van der Waals surface area contributed by atoms with Crippen molar-refractivity contribution in [2.75, 3.05) is 18.1 Å². The summed E-state index contributed by atoms with van der Waals surface area (Å²) in [7, 11) is -3.12. The van der Waals surface area contributed by atoms with Gasteiger partial charge in [0.25, 0.3) is 5.91 Å². The lowest BCUT2D eigenvalue weighted by Gasteiger charge is -2.28. The Labute approximate surface area is 174 Å². The van der Waals surface area contributed by atoms with E-state index < -0.39 is 9.84 Å². The summed E-state index contributed by atoms with van der Waals surface area (Å²) in [5.74, 6) is 0.328. The first-order valence-corrected chi connectivity index (χ1v) is 11.3. The normalized spacial score (nSPS) is 17.5. The Kier molecular flexibility index (Phi) is 5.75. The number of hydrogen-bond acceptors (Lipinski definition) is 7. The summed E-state index contributed by atoms with van der Waals surface area (Å²) in [6, 6.07) is 16.2. The van der Waals surface area contributed by atoms with Gasteiger partial charge in [0, 0.05) is 18.7 Å². The standard InChI is InChI=1S/C20H21N5O4S/c26-20(13-29-19-8-4-7-17(11-19)25-15-21-22-23-25)24(12-16-5-2-1-3-6-16)18-9-10-30(27,28)14-18/h1-8,11,15,18H,9-10,12-14H2. The summed E-state index contributed by atoms with van der Waals surface area (Å²) in [6.07, 6.45) is 1.90. The first-order valence-electron chi connectivity index (χ1n) is 9.50. The maximum Gasteiger partial charge on any atom is 0.261 e. The van der Waals surface area contributed by atoms with Crippen molar-refractivity contribution in [1.82, 2.24) is 25.1 Å². The topological polar surface area (TPSA) is 107 Å². The van der Waals surface area contributed by atoms with E-state index in [1.807, 2.05) is 36.4 Å². The molecule has 0 N–H and O–H groups in total. The van der Waals surface area contributed by atoms with Crippen molar-refractivity contribution in [1.29, 1.82) is 0 Å². The molecule has 1 aromatic heterocycles. The summed E-state index contributed by atoms with van der Waals surface area (Å²) in [4.78, 5) is 14.6. The van der Waals surface area contributed by atoms with Crippen LogP contribution < -0.4 is 4.74 Å². The molecule has 2 heterocycles. The van der Waals surface area contributed by atoms with Crippen LogP contribution in [0.2, 0.25) is 0 Å². The Morgan fingerprint density at radius 3 is 2.70 bits per heavy atom. The highest BCUT2D eigenvalue weighted by atomic mass is 32.2. The molecule has 1 atom stereocenters. The Hall–Kier alpha value is -3.27. The van der Waals surface area contributed by atoms with Crippen LogP contribution in [0.1, 0.15) is 12.0 Å². The van der Waals surface area contributed by atoms with Crippen LogP contribution in [0.25, 0.3) is 5.69 Å². The predicted molar refractivity (Wildman–Crippen MR) is 109 cm³/mol. The molecule has 1 aliphatic rings. The Morgan fingerprint density at radius 2 is 2.00 bits per heavy atom. The number of tetrazole rings is 1. The maximum atomic E-state index is 13.0. The van der Waals surface area contributed by atoms with E-state index in [2.05, 4.69) is 15.5 Å². The first-order chi connectivity index (χ1) is 14.5. The number of ether oxygens (including phenoxy) is 1. The zero-order valence-corrected chi connectivity index (χ0v) is 17.0. The van der Waals surface area contributed by atoms with E-state index in [9.17, 15) is 13.2 Å². The number of amides is 1. The van der Waals surface area contributed by atoms with Crippen molar-refractivity contribution in [3.8, 4) is 11.4 Å². The van der Waals surface area contributed by atoms with Gasteiger partial charge in [0.15, 0.2) is 16.4 Å². The smallest absolute Gasteiger partial charge is 0.261 e. The van der Waals surface area contributed by atoms with Gasteiger partial charge in [-0.25, -0.2) is 13.1 Å². The van der Waals surface area contributed by atoms with Crippen LogP contribution in [-0.4, -0.2) is 63.6 Å². The second-order valence-corrected chi connectivity index (χ2v) is 9.33. The van der Waals surface area contributed by atoms with Crippen LogP contribution in [0.4, 0.5) is 0 Å². The third-order valence-electron chi connectivity index (χ3n) is 4.96. The third-order valence-corrected chi connectivity index (χ3v) is 6.71. The van der Waals surface area contributed by atoms with Gasteiger partial charge in [-0.1, -0.05) is 36.4 Å². The van der Waals surface area contributed by atoms with Gasteiger partial charge >= 0.3 is 0 Å². The molecule has 0 spiro atoms. The minimum Gasteiger partial charge on any atom is -0.484 e. The van der Waals surface area contributed by atoms with Crippen LogP contribution in [0.5, 0.6) is 5.75 Å². The average Bonchev–Trinajstić information content (AvgIpc) is 3.41. The minimum absolute atomic E-state index is 0.0135. The fourth-order valence-corrected chi connectivity index (χ4v) is 5.18. The molecule has 0 radical (unpaired) electrons. The maximum absolute atomic E-state index is 13.0. The summed E-state index contributed by atoms with van der Waals surface area (Å²) >= 11 is 0. The SMILES string of the molecule is O=C(COc1cccc(-n2cnnn2)c1)N(Cc1ccccc1)C1CCS(=O)(=O)C1. The van der Waals surface area contributed by atoms with Crippen LogP contribution in [-0.2, 0) is 21.2 Å². The monoisotopic (exact) mass is 427 g/mol. The molecule has 1 amide bonds.